The van der Waals surface area contributed by atoms with Gasteiger partial charge in [0.05, 0.1) is 7.11 Å². The van der Waals surface area contributed by atoms with E-state index in [2.05, 4.69) is 25.2 Å². The number of aliphatic hydroxyl groups is 1. The van der Waals surface area contributed by atoms with E-state index in [0.29, 0.717) is 18.4 Å². The predicted molar refractivity (Wildman–Crippen MR) is 94.8 cm³/mol. The van der Waals surface area contributed by atoms with Crippen molar-refractivity contribution >= 4 is 23.2 Å². The first-order valence-corrected chi connectivity index (χ1v) is 9.14. The minimum atomic E-state index is -0.589. The summed E-state index contributed by atoms with van der Waals surface area (Å²) in [6.07, 6.45) is 4.20. The average Bonchev–Trinajstić information content (AvgIpc) is 3.02. The highest BCUT2D eigenvalue weighted by Crippen LogP contribution is 2.21. The van der Waals surface area contributed by atoms with E-state index in [1.54, 1.807) is 7.11 Å². The minimum Gasteiger partial charge on any atom is -0.467 e. The van der Waals surface area contributed by atoms with Crippen LogP contribution >= 0.6 is 11.3 Å². The van der Waals surface area contributed by atoms with Gasteiger partial charge in [-0.2, -0.15) is 15.0 Å². The lowest BCUT2D eigenvalue weighted by Gasteiger charge is -2.21. The third-order valence-electron chi connectivity index (χ3n) is 4.00. The van der Waals surface area contributed by atoms with Gasteiger partial charge in [0.15, 0.2) is 0 Å². The standard InChI is InChI=1S/C16H23N5O2S/c1-23-16-19-14(17-11-12(22)13-7-6-10-24-13)18-15(20-16)21-8-4-2-3-5-9-21/h6-7,10,12,22H,2-5,8-9,11H2,1H3,(H,17,18,19,20)/t12-/m0/s1. The number of nitrogens with one attached hydrogen (secondary N) is 1. The van der Waals surface area contributed by atoms with Crippen LogP contribution in [0.2, 0.25) is 0 Å². The summed E-state index contributed by atoms with van der Waals surface area (Å²) in [5.74, 6) is 1.06. The van der Waals surface area contributed by atoms with Crippen LogP contribution in [-0.4, -0.2) is 46.8 Å². The van der Waals surface area contributed by atoms with Crippen molar-refractivity contribution in [2.24, 2.45) is 0 Å². The second kappa shape index (κ2) is 8.25. The quantitative estimate of drug-likeness (QED) is 0.829. The monoisotopic (exact) mass is 349 g/mol. The number of aromatic nitrogens is 3. The molecule has 1 atom stereocenters. The maximum absolute atomic E-state index is 10.2. The topological polar surface area (TPSA) is 83.4 Å². The Morgan fingerprint density at radius 2 is 2.04 bits per heavy atom. The van der Waals surface area contributed by atoms with Gasteiger partial charge in [0.25, 0.3) is 0 Å². The summed E-state index contributed by atoms with van der Waals surface area (Å²) in [6.45, 7) is 2.24. The molecule has 8 heteroatoms. The number of rotatable bonds is 6. The Hall–Kier alpha value is -1.93. The molecule has 1 saturated heterocycles. The van der Waals surface area contributed by atoms with Crippen LogP contribution in [-0.2, 0) is 0 Å². The fraction of sp³-hybridized carbons (Fsp3) is 0.562. The largest absolute Gasteiger partial charge is 0.467 e. The van der Waals surface area contributed by atoms with Gasteiger partial charge in [0.2, 0.25) is 11.9 Å². The molecule has 0 aliphatic carbocycles. The Bertz CT molecular complexity index is 629. The zero-order chi connectivity index (χ0) is 16.8. The smallest absolute Gasteiger partial charge is 0.322 e. The minimum absolute atomic E-state index is 0.289. The molecule has 0 saturated carbocycles. The number of hydrogen-bond acceptors (Lipinski definition) is 8. The predicted octanol–water partition coefficient (Wildman–Crippen LogP) is 2.47. The van der Waals surface area contributed by atoms with E-state index in [-0.39, 0.29) is 6.01 Å². The third kappa shape index (κ3) is 4.33. The lowest BCUT2D eigenvalue weighted by Crippen LogP contribution is -2.27. The molecule has 2 aromatic heterocycles. The van der Waals surface area contributed by atoms with Gasteiger partial charge in [-0.25, -0.2) is 0 Å². The second-order valence-electron chi connectivity index (χ2n) is 5.76. The molecule has 2 aromatic rings. The van der Waals surface area contributed by atoms with Gasteiger partial charge < -0.3 is 20.1 Å². The Morgan fingerprint density at radius 1 is 1.25 bits per heavy atom. The molecule has 0 unspecified atom stereocenters. The summed E-state index contributed by atoms with van der Waals surface area (Å²) in [4.78, 5) is 16.2. The molecule has 3 rings (SSSR count). The van der Waals surface area contributed by atoms with Gasteiger partial charge in [0.1, 0.15) is 6.10 Å². The summed E-state index contributed by atoms with van der Waals surface area (Å²) in [6, 6.07) is 4.12. The molecule has 130 valence electrons. The van der Waals surface area contributed by atoms with Gasteiger partial charge in [-0.3, -0.25) is 0 Å². The number of hydrogen-bond donors (Lipinski definition) is 2. The van der Waals surface area contributed by atoms with Crippen molar-refractivity contribution in [3.05, 3.63) is 22.4 Å². The van der Waals surface area contributed by atoms with Crippen LogP contribution in [0.25, 0.3) is 0 Å². The fourth-order valence-electron chi connectivity index (χ4n) is 2.70. The highest BCUT2D eigenvalue weighted by Gasteiger charge is 2.16. The van der Waals surface area contributed by atoms with E-state index in [0.717, 1.165) is 30.8 Å². The number of ether oxygens (including phenoxy) is 1. The van der Waals surface area contributed by atoms with Crippen LogP contribution in [0.15, 0.2) is 17.5 Å². The maximum Gasteiger partial charge on any atom is 0.322 e. The number of anilines is 2. The van der Waals surface area contributed by atoms with E-state index < -0.39 is 6.10 Å². The van der Waals surface area contributed by atoms with Crippen molar-refractivity contribution in [2.45, 2.75) is 31.8 Å². The molecule has 0 radical (unpaired) electrons. The van der Waals surface area contributed by atoms with Crippen LogP contribution in [0, 0.1) is 0 Å². The Kier molecular flexibility index (Phi) is 5.81. The second-order valence-corrected chi connectivity index (χ2v) is 6.74. The number of thiophene rings is 1. The summed E-state index contributed by atoms with van der Waals surface area (Å²) < 4.78 is 5.21. The first-order valence-electron chi connectivity index (χ1n) is 8.26. The van der Waals surface area contributed by atoms with E-state index in [9.17, 15) is 5.11 Å². The third-order valence-corrected chi connectivity index (χ3v) is 4.97. The van der Waals surface area contributed by atoms with Crippen molar-refractivity contribution in [3.8, 4) is 6.01 Å². The summed E-state index contributed by atoms with van der Waals surface area (Å²) in [5, 5.41) is 15.2. The van der Waals surface area contributed by atoms with Crippen LogP contribution in [0.4, 0.5) is 11.9 Å². The van der Waals surface area contributed by atoms with Crippen molar-refractivity contribution in [1.29, 1.82) is 0 Å². The Labute approximate surface area is 145 Å². The molecule has 1 fully saturated rings. The van der Waals surface area contributed by atoms with E-state index in [4.69, 9.17) is 4.74 Å². The van der Waals surface area contributed by atoms with Gasteiger partial charge >= 0.3 is 6.01 Å². The van der Waals surface area contributed by atoms with E-state index in [1.807, 2.05) is 17.5 Å². The highest BCUT2D eigenvalue weighted by atomic mass is 32.1. The van der Waals surface area contributed by atoms with Gasteiger partial charge in [-0.05, 0) is 24.3 Å². The normalized spacial score (nSPS) is 16.5. The Balaban J connectivity index is 1.71. The number of aliphatic hydroxyl groups excluding tert-OH is 1. The fourth-order valence-corrected chi connectivity index (χ4v) is 3.41. The zero-order valence-corrected chi connectivity index (χ0v) is 14.6. The molecule has 24 heavy (non-hydrogen) atoms. The van der Waals surface area contributed by atoms with Crippen molar-refractivity contribution < 1.29 is 9.84 Å². The zero-order valence-electron chi connectivity index (χ0n) is 13.8. The van der Waals surface area contributed by atoms with Crippen molar-refractivity contribution in [3.63, 3.8) is 0 Å². The molecule has 7 nitrogen and oxygen atoms in total. The SMILES string of the molecule is COc1nc(NC[C@H](O)c2cccs2)nc(N2CCCCCC2)n1. The lowest BCUT2D eigenvalue weighted by molar-refractivity contribution is 0.195. The van der Waals surface area contributed by atoms with Crippen LogP contribution in [0.5, 0.6) is 6.01 Å². The number of methoxy groups -OCH3 is 1. The van der Waals surface area contributed by atoms with Crippen LogP contribution in [0.1, 0.15) is 36.7 Å². The summed E-state index contributed by atoms with van der Waals surface area (Å²) in [5.41, 5.74) is 0. The number of nitrogens with zero attached hydrogens (tertiary/aromatic N) is 4. The first-order chi connectivity index (χ1) is 11.8. The van der Waals surface area contributed by atoms with Crippen LogP contribution in [0.3, 0.4) is 0 Å². The van der Waals surface area contributed by atoms with Gasteiger partial charge in [-0.1, -0.05) is 18.9 Å². The molecular formula is C16H23N5O2S. The molecule has 1 aliphatic rings. The molecule has 0 aromatic carbocycles. The molecule has 1 aliphatic heterocycles. The molecule has 3 heterocycles. The van der Waals surface area contributed by atoms with E-state index in [1.165, 1.54) is 24.2 Å². The van der Waals surface area contributed by atoms with Crippen LogP contribution < -0.4 is 15.0 Å². The Morgan fingerprint density at radius 3 is 2.71 bits per heavy atom. The van der Waals surface area contributed by atoms with E-state index >= 15 is 0 Å². The van der Waals surface area contributed by atoms with Crippen molar-refractivity contribution in [1.82, 2.24) is 15.0 Å². The average molecular weight is 349 g/mol. The highest BCUT2D eigenvalue weighted by molar-refractivity contribution is 7.10. The lowest BCUT2D eigenvalue weighted by atomic mass is 10.2. The molecule has 0 amide bonds. The molecule has 0 bridgehead atoms. The first kappa shape index (κ1) is 16.9. The molecule has 0 spiro atoms. The van der Waals surface area contributed by atoms with Gasteiger partial charge in [-0.15, -0.1) is 11.3 Å². The molecular weight excluding hydrogens is 326 g/mol. The maximum atomic E-state index is 10.2. The summed E-state index contributed by atoms with van der Waals surface area (Å²) >= 11 is 1.53. The molecule has 2 N–H and O–H groups in total. The van der Waals surface area contributed by atoms with Crippen molar-refractivity contribution in [2.75, 3.05) is 37.0 Å². The summed E-state index contributed by atoms with van der Waals surface area (Å²) in [7, 11) is 1.55. The van der Waals surface area contributed by atoms with Gasteiger partial charge in [0, 0.05) is 24.5 Å².